The Hall–Kier alpha value is -0.860. The van der Waals surface area contributed by atoms with Gasteiger partial charge in [0.2, 0.25) is 0 Å². The number of hydrogen-bond acceptors (Lipinski definition) is 2. The third-order valence-electron chi connectivity index (χ3n) is 3.06. The lowest BCUT2D eigenvalue weighted by molar-refractivity contribution is 0.122. The van der Waals surface area contributed by atoms with Crippen molar-refractivity contribution >= 4 is 0 Å². The summed E-state index contributed by atoms with van der Waals surface area (Å²) >= 11 is 0. The first kappa shape index (κ1) is 14.2. The highest BCUT2D eigenvalue weighted by Crippen LogP contribution is 2.10. The summed E-state index contributed by atoms with van der Waals surface area (Å²) in [5.41, 5.74) is 1.31. The second-order valence-corrected chi connectivity index (χ2v) is 4.56. The lowest BCUT2D eigenvalue weighted by atomic mass is 10.0. The van der Waals surface area contributed by atoms with Crippen LogP contribution >= 0.6 is 0 Å². The van der Waals surface area contributed by atoms with Crippen molar-refractivity contribution in [3.8, 4) is 0 Å². The highest BCUT2D eigenvalue weighted by molar-refractivity contribution is 5.15. The van der Waals surface area contributed by atoms with Crippen molar-refractivity contribution in [1.82, 2.24) is 4.90 Å². The quantitative estimate of drug-likeness (QED) is 0.749. The summed E-state index contributed by atoms with van der Waals surface area (Å²) in [6.07, 6.45) is 3.23. The molecule has 0 bridgehead atoms. The molecule has 0 heterocycles. The van der Waals surface area contributed by atoms with E-state index in [9.17, 15) is 5.11 Å². The Bertz CT molecular complexity index is 280. The number of aliphatic hydroxyl groups excluding tert-OH is 1. The predicted octanol–water partition coefficient (Wildman–Crippen LogP) is 2.71. The van der Waals surface area contributed by atoms with E-state index in [0.717, 1.165) is 32.4 Å². The summed E-state index contributed by atoms with van der Waals surface area (Å²) in [5, 5.41) is 9.57. The summed E-state index contributed by atoms with van der Waals surface area (Å²) in [4.78, 5) is 2.41. The van der Waals surface area contributed by atoms with E-state index in [1.807, 2.05) is 6.07 Å². The van der Waals surface area contributed by atoms with Crippen LogP contribution in [0.3, 0.4) is 0 Å². The van der Waals surface area contributed by atoms with Crippen molar-refractivity contribution in [1.29, 1.82) is 0 Å². The van der Waals surface area contributed by atoms with E-state index in [0.29, 0.717) is 0 Å². The van der Waals surface area contributed by atoms with E-state index >= 15 is 0 Å². The van der Waals surface area contributed by atoms with E-state index in [1.165, 1.54) is 5.56 Å². The molecule has 1 aromatic rings. The van der Waals surface area contributed by atoms with Gasteiger partial charge in [0.25, 0.3) is 0 Å². The second kappa shape index (κ2) is 8.26. The highest BCUT2D eigenvalue weighted by atomic mass is 16.3. The number of aliphatic hydroxyl groups is 1. The molecule has 1 N–H and O–H groups in total. The van der Waals surface area contributed by atoms with Gasteiger partial charge in [-0.05, 0) is 37.9 Å². The van der Waals surface area contributed by atoms with Crippen molar-refractivity contribution in [2.24, 2.45) is 0 Å². The maximum atomic E-state index is 9.57. The Labute approximate surface area is 105 Å². The van der Waals surface area contributed by atoms with E-state index in [-0.39, 0.29) is 12.6 Å². The Morgan fingerprint density at radius 2 is 1.65 bits per heavy atom. The maximum Gasteiger partial charge on any atom is 0.0590 e. The molecule has 0 aliphatic carbocycles. The average Bonchev–Trinajstić information content (AvgIpc) is 2.37. The lowest BCUT2D eigenvalue weighted by Gasteiger charge is -2.30. The summed E-state index contributed by atoms with van der Waals surface area (Å²) < 4.78 is 0. The third kappa shape index (κ3) is 4.88. The average molecular weight is 235 g/mol. The Morgan fingerprint density at radius 1 is 1.06 bits per heavy atom. The van der Waals surface area contributed by atoms with Crippen LogP contribution in [0.5, 0.6) is 0 Å². The van der Waals surface area contributed by atoms with Gasteiger partial charge in [-0.1, -0.05) is 44.2 Å². The molecule has 0 unspecified atom stereocenters. The van der Waals surface area contributed by atoms with Gasteiger partial charge in [0.15, 0.2) is 0 Å². The van der Waals surface area contributed by atoms with Crippen LogP contribution in [-0.4, -0.2) is 35.7 Å². The van der Waals surface area contributed by atoms with Gasteiger partial charge in [0.1, 0.15) is 0 Å². The molecule has 0 fully saturated rings. The van der Waals surface area contributed by atoms with Crippen LogP contribution < -0.4 is 0 Å². The Balaban J connectivity index is 2.61. The van der Waals surface area contributed by atoms with Gasteiger partial charge in [-0.15, -0.1) is 0 Å². The summed E-state index contributed by atoms with van der Waals surface area (Å²) in [5.74, 6) is 0. The standard InChI is InChI=1S/C15H25NO/c1-3-10-16(11-4-2)15(13-17)12-14-8-6-5-7-9-14/h5-9,15,17H,3-4,10-13H2,1-2H3/t15-/m1/s1. The van der Waals surface area contributed by atoms with Crippen LogP contribution in [0.15, 0.2) is 30.3 Å². The zero-order valence-corrected chi connectivity index (χ0v) is 11.1. The molecule has 17 heavy (non-hydrogen) atoms. The van der Waals surface area contributed by atoms with Gasteiger partial charge >= 0.3 is 0 Å². The number of benzene rings is 1. The van der Waals surface area contributed by atoms with Crippen molar-refractivity contribution in [2.75, 3.05) is 19.7 Å². The molecule has 0 radical (unpaired) electrons. The smallest absolute Gasteiger partial charge is 0.0590 e. The van der Waals surface area contributed by atoms with E-state index < -0.39 is 0 Å². The fraction of sp³-hybridized carbons (Fsp3) is 0.600. The minimum absolute atomic E-state index is 0.245. The molecule has 1 atom stereocenters. The van der Waals surface area contributed by atoms with Crippen LogP contribution in [0.4, 0.5) is 0 Å². The van der Waals surface area contributed by atoms with Gasteiger partial charge in [-0.3, -0.25) is 4.90 Å². The topological polar surface area (TPSA) is 23.5 Å². The predicted molar refractivity (Wildman–Crippen MR) is 73.2 cm³/mol. The largest absolute Gasteiger partial charge is 0.395 e. The molecule has 96 valence electrons. The molecule has 0 aliphatic rings. The SMILES string of the molecule is CCCN(CCC)[C@@H](CO)Cc1ccccc1. The first-order valence-corrected chi connectivity index (χ1v) is 6.70. The van der Waals surface area contributed by atoms with Gasteiger partial charge in [0.05, 0.1) is 6.61 Å². The van der Waals surface area contributed by atoms with Crippen LogP contribution in [0.1, 0.15) is 32.3 Å². The normalized spacial score (nSPS) is 12.9. The minimum Gasteiger partial charge on any atom is -0.395 e. The van der Waals surface area contributed by atoms with Crippen LogP contribution in [0, 0.1) is 0 Å². The number of rotatable bonds is 8. The van der Waals surface area contributed by atoms with Gasteiger partial charge in [0, 0.05) is 6.04 Å². The first-order valence-electron chi connectivity index (χ1n) is 6.70. The highest BCUT2D eigenvalue weighted by Gasteiger charge is 2.16. The van der Waals surface area contributed by atoms with Crippen molar-refractivity contribution < 1.29 is 5.11 Å². The monoisotopic (exact) mass is 235 g/mol. The van der Waals surface area contributed by atoms with Crippen LogP contribution in [-0.2, 0) is 6.42 Å². The van der Waals surface area contributed by atoms with E-state index in [2.05, 4.69) is 43.0 Å². The molecule has 0 saturated carbocycles. The number of nitrogens with zero attached hydrogens (tertiary/aromatic N) is 1. The maximum absolute atomic E-state index is 9.57. The van der Waals surface area contributed by atoms with E-state index in [4.69, 9.17) is 0 Å². The van der Waals surface area contributed by atoms with Crippen LogP contribution in [0.2, 0.25) is 0 Å². The van der Waals surface area contributed by atoms with Gasteiger partial charge in [-0.2, -0.15) is 0 Å². The fourth-order valence-corrected chi connectivity index (χ4v) is 2.25. The van der Waals surface area contributed by atoms with Crippen molar-refractivity contribution in [3.63, 3.8) is 0 Å². The summed E-state index contributed by atoms with van der Waals surface area (Å²) in [6, 6.07) is 10.7. The fourth-order valence-electron chi connectivity index (χ4n) is 2.25. The van der Waals surface area contributed by atoms with Crippen LogP contribution in [0.25, 0.3) is 0 Å². The molecule has 0 aromatic heterocycles. The third-order valence-corrected chi connectivity index (χ3v) is 3.06. The molecule has 1 aromatic carbocycles. The second-order valence-electron chi connectivity index (χ2n) is 4.56. The first-order chi connectivity index (χ1) is 8.31. The lowest BCUT2D eigenvalue weighted by Crippen LogP contribution is -2.40. The zero-order valence-electron chi connectivity index (χ0n) is 11.1. The molecular formula is C15H25NO. The molecule has 2 nitrogen and oxygen atoms in total. The Kier molecular flexibility index (Phi) is 6.90. The Morgan fingerprint density at radius 3 is 2.12 bits per heavy atom. The molecule has 1 rings (SSSR count). The van der Waals surface area contributed by atoms with E-state index in [1.54, 1.807) is 0 Å². The molecule has 2 heteroatoms. The van der Waals surface area contributed by atoms with Gasteiger partial charge in [-0.25, -0.2) is 0 Å². The van der Waals surface area contributed by atoms with Gasteiger partial charge < -0.3 is 5.11 Å². The summed E-state index contributed by atoms with van der Waals surface area (Å²) in [7, 11) is 0. The molecule has 0 saturated heterocycles. The van der Waals surface area contributed by atoms with Crippen molar-refractivity contribution in [2.45, 2.75) is 39.2 Å². The minimum atomic E-state index is 0.245. The zero-order chi connectivity index (χ0) is 12.5. The van der Waals surface area contributed by atoms with Crippen molar-refractivity contribution in [3.05, 3.63) is 35.9 Å². The molecule has 0 amide bonds. The number of hydrogen-bond donors (Lipinski definition) is 1. The molecule has 0 spiro atoms. The molecular weight excluding hydrogens is 210 g/mol. The molecule has 0 aliphatic heterocycles. The summed E-state index contributed by atoms with van der Waals surface area (Å²) in [6.45, 7) is 6.78.